The third kappa shape index (κ3) is 6.46. The predicted molar refractivity (Wildman–Crippen MR) is 290 cm³/mol. The van der Waals surface area contributed by atoms with Gasteiger partial charge >= 0.3 is 0 Å². The van der Waals surface area contributed by atoms with E-state index >= 15 is 0 Å². The van der Waals surface area contributed by atoms with E-state index in [0.29, 0.717) is 0 Å². The smallest absolute Gasteiger partial charge is 0.0714 e. The highest BCUT2D eigenvalue weighted by Gasteiger charge is 2.47. The second-order valence-electron chi connectivity index (χ2n) is 19.2. The van der Waals surface area contributed by atoms with E-state index in [1.807, 2.05) is 0 Å². The SMILES string of the molecule is CC1(C)c2cc(-c3ccc4ccccc4c3)ccc2-c2ccc(N(c3ccc4c(c3)C(c3ccccc3)(c3ccccc3)c3cc(-c5ccccc5)ccc3-4)c3ccccc3-c3ccccc3)cc21. The lowest BCUT2D eigenvalue weighted by atomic mass is 9.67. The number of benzene rings is 11. The van der Waals surface area contributed by atoms with Gasteiger partial charge in [-0.1, -0.05) is 226 Å². The minimum absolute atomic E-state index is 0.246. The maximum Gasteiger partial charge on any atom is 0.0714 e. The van der Waals surface area contributed by atoms with Crippen LogP contribution in [0.4, 0.5) is 17.1 Å². The molecule has 2 aliphatic carbocycles. The fourth-order valence-electron chi connectivity index (χ4n) is 11.8. The Kier molecular flexibility index (Phi) is 9.49. The third-order valence-corrected chi connectivity index (χ3v) is 15.1. The summed E-state index contributed by atoms with van der Waals surface area (Å²) in [7, 11) is 0. The lowest BCUT2D eigenvalue weighted by Crippen LogP contribution is -2.29. The molecule has 0 saturated heterocycles. The minimum atomic E-state index is -0.594. The Morgan fingerprint density at radius 1 is 0.275 bits per heavy atom. The minimum Gasteiger partial charge on any atom is -0.310 e. The second kappa shape index (κ2) is 16.1. The molecule has 0 aromatic heterocycles. The quantitative estimate of drug-likeness (QED) is 0.147. The van der Waals surface area contributed by atoms with Crippen LogP contribution in [0.3, 0.4) is 0 Å². The van der Waals surface area contributed by atoms with Crippen LogP contribution in [0.5, 0.6) is 0 Å². The van der Waals surface area contributed by atoms with E-state index in [4.69, 9.17) is 0 Å². The molecule has 0 aliphatic heterocycles. The second-order valence-corrected chi connectivity index (χ2v) is 19.2. The van der Waals surface area contributed by atoms with Gasteiger partial charge in [0, 0.05) is 22.4 Å². The summed E-state index contributed by atoms with van der Waals surface area (Å²) < 4.78 is 0. The highest BCUT2D eigenvalue weighted by atomic mass is 15.1. The number of nitrogens with zero attached hydrogens (tertiary/aromatic N) is 1. The van der Waals surface area contributed by atoms with Crippen LogP contribution in [-0.2, 0) is 10.8 Å². The van der Waals surface area contributed by atoms with E-state index in [9.17, 15) is 0 Å². The van der Waals surface area contributed by atoms with Crippen LogP contribution in [0.25, 0.3) is 66.4 Å². The molecule has 13 rings (SSSR count). The summed E-state index contributed by atoms with van der Waals surface area (Å²) in [5.41, 5.74) is 22.7. The van der Waals surface area contributed by atoms with E-state index in [0.717, 1.165) is 17.1 Å². The molecule has 0 amide bonds. The molecule has 0 radical (unpaired) electrons. The Bertz CT molecular complexity index is 3700. The van der Waals surface area contributed by atoms with Gasteiger partial charge in [0.2, 0.25) is 0 Å². The van der Waals surface area contributed by atoms with Crippen molar-refractivity contribution >= 4 is 27.8 Å². The summed E-state index contributed by atoms with van der Waals surface area (Å²) in [5.74, 6) is 0. The molecule has 0 heterocycles. The zero-order valence-corrected chi connectivity index (χ0v) is 38.8. The fraction of sp³-hybridized carbons (Fsp3) is 0.0588. The monoisotopic (exact) mass is 879 g/mol. The molecule has 69 heavy (non-hydrogen) atoms. The van der Waals surface area contributed by atoms with Crippen LogP contribution in [0.1, 0.15) is 47.2 Å². The maximum absolute atomic E-state index is 2.52. The Hall–Kier alpha value is -8.52. The number of para-hydroxylation sites is 1. The summed E-state index contributed by atoms with van der Waals surface area (Å²) >= 11 is 0. The topological polar surface area (TPSA) is 3.24 Å². The van der Waals surface area contributed by atoms with Crippen LogP contribution >= 0.6 is 0 Å². The first kappa shape index (κ1) is 40.7. The van der Waals surface area contributed by atoms with Crippen molar-refractivity contribution in [2.45, 2.75) is 24.7 Å². The van der Waals surface area contributed by atoms with Crippen molar-refractivity contribution in [1.82, 2.24) is 0 Å². The molecule has 0 saturated carbocycles. The van der Waals surface area contributed by atoms with Crippen molar-refractivity contribution in [3.63, 3.8) is 0 Å². The number of hydrogen-bond acceptors (Lipinski definition) is 1. The van der Waals surface area contributed by atoms with Gasteiger partial charge in [-0.15, -0.1) is 0 Å². The molecule has 326 valence electrons. The van der Waals surface area contributed by atoms with Gasteiger partial charge in [0.05, 0.1) is 11.1 Å². The normalized spacial score (nSPS) is 13.6. The van der Waals surface area contributed by atoms with Gasteiger partial charge < -0.3 is 4.90 Å². The van der Waals surface area contributed by atoms with Gasteiger partial charge in [0.1, 0.15) is 0 Å². The first-order valence-electron chi connectivity index (χ1n) is 24.2. The largest absolute Gasteiger partial charge is 0.310 e. The van der Waals surface area contributed by atoms with Crippen molar-refractivity contribution in [2.75, 3.05) is 4.90 Å². The van der Waals surface area contributed by atoms with Crippen LogP contribution < -0.4 is 4.90 Å². The Balaban J connectivity index is 1.02. The van der Waals surface area contributed by atoms with Crippen molar-refractivity contribution < 1.29 is 0 Å². The lowest BCUT2D eigenvalue weighted by molar-refractivity contribution is 0.660. The molecule has 0 unspecified atom stereocenters. The Morgan fingerprint density at radius 2 is 0.696 bits per heavy atom. The highest BCUT2D eigenvalue weighted by molar-refractivity contribution is 5.95. The van der Waals surface area contributed by atoms with Gasteiger partial charge in [-0.3, -0.25) is 0 Å². The molecule has 0 spiro atoms. The third-order valence-electron chi connectivity index (χ3n) is 15.1. The molecule has 0 bridgehead atoms. The summed E-state index contributed by atoms with van der Waals surface area (Å²) in [6.07, 6.45) is 0. The number of anilines is 3. The van der Waals surface area contributed by atoms with Crippen LogP contribution in [-0.4, -0.2) is 0 Å². The number of hydrogen-bond donors (Lipinski definition) is 0. The van der Waals surface area contributed by atoms with Crippen LogP contribution in [0.15, 0.2) is 261 Å². The van der Waals surface area contributed by atoms with Gasteiger partial charge in [0.15, 0.2) is 0 Å². The zero-order chi connectivity index (χ0) is 46.1. The Labute approximate surface area is 405 Å². The summed E-state index contributed by atoms with van der Waals surface area (Å²) in [6.45, 7) is 4.80. The fourth-order valence-corrected chi connectivity index (χ4v) is 11.8. The zero-order valence-electron chi connectivity index (χ0n) is 38.8. The molecule has 11 aromatic rings. The van der Waals surface area contributed by atoms with E-state index < -0.39 is 5.41 Å². The highest BCUT2D eigenvalue weighted by Crippen LogP contribution is 2.59. The van der Waals surface area contributed by atoms with E-state index in [1.54, 1.807) is 0 Å². The molecule has 0 N–H and O–H groups in total. The number of rotatable bonds is 8. The van der Waals surface area contributed by atoms with E-state index in [1.165, 1.54) is 99.8 Å². The summed E-state index contributed by atoms with van der Waals surface area (Å²) in [4.78, 5) is 2.52. The van der Waals surface area contributed by atoms with E-state index in [2.05, 4.69) is 280 Å². The predicted octanol–water partition coefficient (Wildman–Crippen LogP) is 18.0. The molecular formula is C68H49N. The van der Waals surface area contributed by atoms with Crippen molar-refractivity contribution in [3.05, 3.63) is 294 Å². The molecule has 1 nitrogen and oxygen atoms in total. The maximum atomic E-state index is 2.52. The molecule has 2 aliphatic rings. The molecule has 0 atom stereocenters. The molecule has 1 heteroatoms. The van der Waals surface area contributed by atoms with Gasteiger partial charge in [-0.05, 0) is 143 Å². The lowest BCUT2D eigenvalue weighted by Gasteiger charge is -2.35. The van der Waals surface area contributed by atoms with Gasteiger partial charge in [-0.25, -0.2) is 0 Å². The van der Waals surface area contributed by atoms with Crippen molar-refractivity contribution in [2.24, 2.45) is 0 Å². The van der Waals surface area contributed by atoms with Gasteiger partial charge in [0.25, 0.3) is 0 Å². The Morgan fingerprint density at radius 3 is 1.33 bits per heavy atom. The van der Waals surface area contributed by atoms with Crippen molar-refractivity contribution in [1.29, 1.82) is 0 Å². The average molecular weight is 880 g/mol. The standard InChI is InChI=1S/C68H49N/c1-67(2)62-42-52(50-32-31-47-21-15-16-24-49(47)41-50)34-37-58(62)59-39-35-55(44-63(59)67)69(66-30-18-17-29-57(66)48-22-9-4-10-23-48)56-36-40-61-60-38-33-51(46-19-7-3-8-20-46)43-64(60)68(65(61)45-56,53-25-11-5-12-26-53)54-27-13-6-14-28-54/h3-45H,1-2H3. The van der Waals surface area contributed by atoms with Crippen LogP contribution in [0, 0.1) is 0 Å². The van der Waals surface area contributed by atoms with Crippen LogP contribution in [0.2, 0.25) is 0 Å². The molecular weight excluding hydrogens is 831 g/mol. The summed E-state index contributed by atoms with van der Waals surface area (Å²) in [5, 5.41) is 2.52. The van der Waals surface area contributed by atoms with Crippen molar-refractivity contribution in [3.8, 4) is 55.6 Å². The average Bonchev–Trinajstić information content (AvgIpc) is 3.83. The number of fused-ring (bicyclic) bond motifs is 7. The van der Waals surface area contributed by atoms with Gasteiger partial charge in [-0.2, -0.15) is 0 Å². The first-order valence-corrected chi connectivity index (χ1v) is 24.2. The molecule has 0 fully saturated rings. The molecule has 11 aromatic carbocycles. The van der Waals surface area contributed by atoms with E-state index in [-0.39, 0.29) is 5.41 Å². The summed E-state index contributed by atoms with van der Waals surface area (Å²) in [6, 6.07) is 97.0. The first-order chi connectivity index (χ1) is 34.0.